The number of rotatable bonds is 2. The van der Waals surface area contributed by atoms with Gasteiger partial charge < -0.3 is 10.1 Å². The molecule has 1 aliphatic carbocycles. The second-order valence-corrected chi connectivity index (χ2v) is 7.43. The van der Waals surface area contributed by atoms with Crippen molar-refractivity contribution in [3.05, 3.63) is 35.4 Å². The molecule has 24 heavy (non-hydrogen) atoms. The average Bonchev–Trinajstić information content (AvgIpc) is 2.62. The van der Waals surface area contributed by atoms with Crippen molar-refractivity contribution in [3.8, 4) is 0 Å². The molecule has 1 N–H and O–H groups in total. The standard InChI is InChI=1S/C20H28N2O2/c1-2-21-20(23)24-19-13-18-15-8-4-3-7-14(15)11-12-22(18)17-10-6-5-9-16(17)19/h3-4,7-8,16-19H,2,5-6,9-13H2,1H3,(H,21,23). The lowest BCUT2D eigenvalue weighted by Crippen LogP contribution is -2.56. The first-order chi connectivity index (χ1) is 11.8. The normalized spacial score (nSPS) is 32.2. The fourth-order valence-electron chi connectivity index (χ4n) is 5.17. The van der Waals surface area contributed by atoms with Crippen LogP contribution in [0, 0.1) is 5.92 Å². The molecule has 130 valence electrons. The van der Waals surface area contributed by atoms with E-state index in [2.05, 4.69) is 34.5 Å². The Morgan fingerprint density at radius 3 is 3.00 bits per heavy atom. The predicted octanol–water partition coefficient (Wildman–Crippen LogP) is 3.66. The van der Waals surface area contributed by atoms with Crippen molar-refractivity contribution >= 4 is 6.09 Å². The molecule has 0 radical (unpaired) electrons. The fraction of sp³-hybridized carbons (Fsp3) is 0.650. The van der Waals surface area contributed by atoms with Crippen molar-refractivity contribution in [1.82, 2.24) is 10.2 Å². The van der Waals surface area contributed by atoms with Gasteiger partial charge in [-0.25, -0.2) is 4.79 Å². The van der Waals surface area contributed by atoms with Crippen molar-refractivity contribution in [2.24, 2.45) is 5.92 Å². The molecule has 3 aliphatic rings. The zero-order valence-corrected chi connectivity index (χ0v) is 14.5. The molecule has 0 bridgehead atoms. The van der Waals surface area contributed by atoms with Crippen LogP contribution in [-0.4, -0.2) is 36.2 Å². The number of hydrogen-bond acceptors (Lipinski definition) is 3. The van der Waals surface area contributed by atoms with Gasteiger partial charge in [-0.1, -0.05) is 37.1 Å². The monoisotopic (exact) mass is 328 g/mol. The third kappa shape index (κ3) is 2.81. The molecule has 4 atom stereocenters. The Kier molecular flexibility index (Phi) is 4.49. The lowest BCUT2D eigenvalue weighted by Gasteiger charge is -2.53. The van der Waals surface area contributed by atoms with Crippen molar-refractivity contribution in [1.29, 1.82) is 0 Å². The van der Waals surface area contributed by atoms with Crippen LogP contribution >= 0.6 is 0 Å². The molecular weight excluding hydrogens is 300 g/mol. The molecule has 1 amide bonds. The molecule has 4 heteroatoms. The highest BCUT2D eigenvalue weighted by molar-refractivity contribution is 5.67. The molecule has 2 aliphatic heterocycles. The van der Waals surface area contributed by atoms with Gasteiger partial charge in [-0.15, -0.1) is 0 Å². The highest BCUT2D eigenvalue weighted by Crippen LogP contribution is 2.47. The minimum atomic E-state index is -0.246. The van der Waals surface area contributed by atoms with Crippen LogP contribution in [-0.2, 0) is 11.2 Å². The van der Waals surface area contributed by atoms with Crippen LogP contribution in [0.3, 0.4) is 0 Å². The number of hydrogen-bond donors (Lipinski definition) is 1. The molecular formula is C20H28N2O2. The lowest BCUT2D eigenvalue weighted by atomic mass is 9.71. The van der Waals surface area contributed by atoms with Gasteiger partial charge in [0.05, 0.1) is 0 Å². The first kappa shape index (κ1) is 15.9. The van der Waals surface area contributed by atoms with Crippen molar-refractivity contribution in [2.45, 2.75) is 63.6 Å². The Labute approximate surface area is 144 Å². The Balaban J connectivity index is 1.62. The van der Waals surface area contributed by atoms with Crippen molar-refractivity contribution in [2.75, 3.05) is 13.1 Å². The first-order valence-corrected chi connectivity index (χ1v) is 9.56. The van der Waals surface area contributed by atoms with E-state index in [1.807, 2.05) is 6.92 Å². The molecule has 1 saturated heterocycles. The van der Waals surface area contributed by atoms with Crippen molar-refractivity contribution in [3.63, 3.8) is 0 Å². The smallest absolute Gasteiger partial charge is 0.407 e. The van der Waals surface area contributed by atoms with E-state index in [1.165, 1.54) is 36.8 Å². The lowest BCUT2D eigenvalue weighted by molar-refractivity contribution is -0.0756. The van der Waals surface area contributed by atoms with Crippen LogP contribution in [0.2, 0.25) is 0 Å². The summed E-state index contributed by atoms with van der Waals surface area (Å²) in [6, 6.07) is 9.81. The molecule has 1 aromatic carbocycles. The predicted molar refractivity (Wildman–Crippen MR) is 93.9 cm³/mol. The van der Waals surface area contributed by atoms with Gasteiger partial charge in [-0.05, 0) is 37.3 Å². The van der Waals surface area contributed by atoms with Gasteiger partial charge in [0.15, 0.2) is 0 Å². The zero-order chi connectivity index (χ0) is 16.5. The summed E-state index contributed by atoms with van der Waals surface area (Å²) < 4.78 is 5.89. The van der Waals surface area contributed by atoms with Crippen molar-refractivity contribution < 1.29 is 9.53 Å². The Hall–Kier alpha value is -1.55. The number of nitrogens with zero attached hydrogens (tertiary/aromatic N) is 1. The van der Waals surface area contributed by atoms with Gasteiger partial charge in [0.25, 0.3) is 0 Å². The van der Waals surface area contributed by atoms with E-state index < -0.39 is 0 Å². The van der Waals surface area contributed by atoms with Gasteiger partial charge in [-0.3, -0.25) is 4.90 Å². The number of ether oxygens (including phenoxy) is 1. The number of carbonyl (C=O) groups excluding carboxylic acids is 1. The van der Waals surface area contributed by atoms with E-state index in [-0.39, 0.29) is 12.2 Å². The number of benzene rings is 1. The van der Waals surface area contributed by atoms with E-state index in [1.54, 1.807) is 0 Å². The molecule has 0 spiro atoms. The third-order valence-corrected chi connectivity index (χ3v) is 6.17. The van der Waals surface area contributed by atoms with Crippen LogP contribution in [0.4, 0.5) is 4.79 Å². The molecule has 1 saturated carbocycles. The highest BCUT2D eigenvalue weighted by atomic mass is 16.6. The third-order valence-electron chi connectivity index (χ3n) is 6.17. The fourth-order valence-corrected chi connectivity index (χ4v) is 5.17. The van der Waals surface area contributed by atoms with Gasteiger partial charge in [-0.2, -0.15) is 0 Å². The maximum Gasteiger partial charge on any atom is 0.407 e. The van der Waals surface area contributed by atoms with Gasteiger partial charge in [0.1, 0.15) is 6.10 Å². The number of piperidine rings is 1. The number of fused-ring (bicyclic) bond motifs is 5. The SMILES string of the molecule is CCNC(=O)OC1CC2c3ccccc3CCN2C2CCCCC12. The molecule has 4 unspecified atom stereocenters. The number of amides is 1. The summed E-state index contributed by atoms with van der Waals surface area (Å²) in [5.74, 6) is 0.503. The summed E-state index contributed by atoms with van der Waals surface area (Å²) in [6.07, 6.45) is 6.91. The maximum absolute atomic E-state index is 12.0. The average molecular weight is 328 g/mol. The number of alkyl carbamates (subject to hydrolysis) is 1. The minimum Gasteiger partial charge on any atom is -0.446 e. The Morgan fingerprint density at radius 1 is 1.29 bits per heavy atom. The molecule has 0 aromatic heterocycles. The quantitative estimate of drug-likeness (QED) is 0.901. The van der Waals surface area contributed by atoms with Gasteiger partial charge in [0.2, 0.25) is 0 Å². The van der Waals surface area contributed by atoms with E-state index in [9.17, 15) is 4.79 Å². The largest absolute Gasteiger partial charge is 0.446 e. The zero-order valence-electron chi connectivity index (χ0n) is 14.5. The van der Waals surface area contributed by atoms with Gasteiger partial charge in [0, 0.05) is 37.5 Å². The molecule has 4 nitrogen and oxygen atoms in total. The number of nitrogens with one attached hydrogen (secondary N) is 1. The Morgan fingerprint density at radius 2 is 2.12 bits per heavy atom. The molecule has 2 fully saturated rings. The van der Waals surface area contributed by atoms with Crippen LogP contribution in [0.1, 0.15) is 56.2 Å². The van der Waals surface area contributed by atoms with Crippen LogP contribution in [0.25, 0.3) is 0 Å². The summed E-state index contributed by atoms with van der Waals surface area (Å²) in [4.78, 5) is 14.8. The summed E-state index contributed by atoms with van der Waals surface area (Å²) in [5.41, 5.74) is 2.93. The topological polar surface area (TPSA) is 41.6 Å². The summed E-state index contributed by atoms with van der Waals surface area (Å²) in [6.45, 7) is 3.71. The number of carbonyl (C=O) groups is 1. The van der Waals surface area contributed by atoms with E-state index in [0.717, 1.165) is 19.4 Å². The second-order valence-electron chi connectivity index (χ2n) is 7.43. The van der Waals surface area contributed by atoms with Crippen LogP contribution in [0.5, 0.6) is 0 Å². The van der Waals surface area contributed by atoms with Crippen LogP contribution < -0.4 is 5.32 Å². The summed E-state index contributed by atoms with van der Waals surface area (Å²) >= 11 is 0. The van der Waals surface area contributed by atoms with E-state index in [4.69, 9.17) is 4.74 Å². The second kappa shape index (κ2) is 6.75. The summed E-state index contributed by atoms with van der Waals surface area (Å²) in [7, 11) is 0. The van der Waals surface area contributed by atoms with Gasteiger partial charge >= 0.3 is 6.09 Å². The maximum atomic E-state index is 12.0. The van der Waals surface area contributed by atoms with E-state index >= 15 is 0 Å². The molecule has 1 aromatic rings. The summed E-state index contributed by atoms with van der Waals surface area (Å²) in [5, 5.41) is 2.80. The highest BCUT2D eigenvalue weighted by Gasteiger charge is 2.47. The van der Waals surface area contributed by atoms with Crippen LogP contribution in [0.15, 0.2) is 24.3 Å². The minimum absolute atomic E-state index is 0.0502. The Bertz CT molecular complexity index is 603. The molecule has 2 heterocycles. The molecule has 4 rings (SSSR count). The van der Waals surface area contributed by atoms with E-state index in [0.29, 0.717) is 24.5 Å². The first-order valence-electron chi connectivity index (χ1n) is 9.56.